The first-order valence-electron chi connectivity index (χ1n) is 10.5. The van der Waals surface area contributed by atoms with Crippen molar-refractivity contribution in [2.24, 2.45) is 17.8 Å². The number of fused-ring (bicyclic) bond motifs is 1. The van der Waals surface area contributed by atoms with Gasteiger partial charge in [0.2, 0.25) is 0 Å². The molecule has 0 bridgehead atoms. The van der Waals surface area contributed by atoms with E-state index in [4.69, 9.17) is 4.74 Å². The monoisotopic (exact) mass is 398 g/mol. The van der Waals surface area contributed by atoms with Crippen molar-refractivity contribution in [2.45, 2.75) is 83.0 Å². The first-order valence-corrected chi connectivity index (χ1v) is 10.5. The lowest BCUT2D eigenvalue weighted by molar-refractivity contribution is -0.140. The van der Waals surface area contributed by atoms with Crippen LogP contribution in [0.1, 0.15) is 52.4 Å². The summed E-state index contributed by atoms with van der Waals surface area (Å²) in [5.41, 5.74) is 0. The highest BCUT2D eigenvalue weighted by atomic mass is 19.1. The first-order chi connectivity index (χ1) is 13.4. The summed E-state index contributed by atoms with van der Waals surface area (Å²) in [6.07, 6.45) is 7.65. The van der Waals surface area contributed by atoms with E-state index in [1.165, 1.54) is 7.11 Å². The fourth-order valence-corrected chi connectivity index (χ4v) is 4.19. The van der Waals surface area contributed by atoms with Gasteiger partial charge in [0, 0.05) is 24.7 Å². The van der Waals surface area contributed by atoms with Crippen molar-refractivity contribution in [1.29, 1.82) is 0 Å². The number of carbonyl (C=O) groups excluding carboxylic acids is 1. The molecule has 0 aromatic carbocycles. The van der Waals surface area contributed by atoms with Gasteiger partial charge in [0.1, 0.15) is 12.3 Å². The minimum Gasteiger partial charge on any atom is -0.469 e. The molecule has 6 heteroatoms. The van der Waals surface area contributed by atoms with Crippen molar-refractivity contribution >= 4 is 5.97 Å². The number of hydrogen-bond donors (Lipinski definition) is 2. The average molecular weight is 399 g/mol. The van der Waals surface area contributed by atoms with Crippen molar-refractivity contribution in [3.05, 3.63) is 24.3 Å². The predicted molar refractivity (Wildman–Crippen MR) is 105 cm³/mol. The number of aliphatic hydroxyl groups is 2. The van der Waals surface area contributed by atoms with Crippen molar-refractivity contribution in [3.8, 4) is 0 Å². The van der Waals surface area contributed by atoms with Gasteiger partial charge in [-0.05, 0) is 18.8 Å². The lowest BCUT2D eigenvalue weighted by Gasteiger charge is -2.21. The summed E-state index contributed by atoms with van der Waals surface area (Å²) in [6, 6.07) is 0. The SMILES string of the molecule is CCCCC(C)[C@@H](O)/C=C/[C@@H]1[C@H]2C(F)[C@@H](/C=C/CCC(=O)OC)O[C@@H]2C[C@H]1O. The van der Waals surface area contributed by atoms with Crippen LogP contribution in [0.15, 0.2) is 24.3 Å². The first kappa shape index (κ1) is 23.0. The fourth-order valence-electron chi connectivity index (χ4n) is 4.19. The Kier molecular flexibility index (Phi) is 9.12. The highest BCUT2D eigenvalue weighted by Gasteiger charge is 2.54. The van der Waals surface area contributed by atoms with Gasteiger partial charge in [0.25, 0.3) is 0 Å². The van der Waals surface area contributed by atoms with Gasteiger partial charge < -0.3 is 19.7 Å². The van der Waals surface area contributed by atoms with Crippen LogP contribution in [0.25, 0.3) is 0 Å². The molecular formula is C22H35FO5. The summed E-state index contributed by atoms with van der Waals surface area (Å²) < 4.78 is 25.4. The number of allylic oxidation sites excluding steroid dienone is 1. The van der Waals surface area contributed by atoms with Crippen LogP contribution in [0.5, 0.6) is 0 Å². The number of ether oxygens (including phenoxy) is 2. The molecule has 0 spiro atoms. The second-order valence-corrected chi connectivity index (χ2v) is 8.08. The van der Waals surface area contributed by atoms with Crippen LogP contribution in [0, 0.1) is 17.8 Å². The molecule has 2 aliphatic rings. The smallest absolute Gasteiger partial charge is 0.305 e. The number of esters is 1. The van der Waals surface area contributed by atoms with Crippen LogP contribution in [0.3, 0.4) is 0 Å². The number of halogens is 1. The van der Waals surface area contributed by atoms with Gasteiger partial charge in [0.15, 0.2) is 0 Å². The lowest BCUT2D eigenvalue weighted by atomic mass is 9.87. The molecule has 0 radical (unpaired) electrons. The third-order valence-electron chi connectivity index (χ3n) is 6.00. The fraction of sp³-hybridized carbons (Fsp3) is 0.773. The maximum absolute atomic E-state index is 15.0. The van der Waals surface area contributed by atoms with Gasteiger partial charge in [0.05, 0.1) is 25.4 Å². The van der Waals surface area contributed by atoms with E-state index in [0.717, 1.165) is 19.3 Å². The Labute approximate surface area is 167 Å². The molecule has 0 aromatic heterocycles. The van der Waals surface area contributed by atoms with Crippen LogP contribution >= 0.6 is 0 Å². The molecule has 2 rings (SSSR count). The lowest BCUT2D eigenvalue weighted by Crippen LogP contribution is -2.28. The predicted octanol–water partition coefficient (Wildman–Crippen LogP) is 3.34. The zero-order valence-electron chi connectivity index (χ0n) is 17.2. The number of rotatable bonds is 10. The molecule has 5 nitrogen and oxygen atoms in total. The molecule has 8 atom stereocenters. The van der Waals surface area contributed by atoms with Crippen LogP contribution in [-0.4, -0.2) is 53.9 Å². The van der Waals surface area contributed by atoms with E-state index in [1.54, 1.807) is 24.3 Å². The number of methoxy groups -OCH3 is 1. The van der Waals surface area contributed by atoms with Crippen LogP contribution in [-0.2, 0) is 14.3 Å². The second kappa shape index (κ2) is 11.1. The van der Waals surface area contributed by atoms with E-state index in [-0.39, 0.29) is 30.3 Å². The molecule has 2 unspecified atom stereocenters. The quantitative estimate of drug-likeness (QED) is 0.436. The van der Waals surface area contributed by atoms with E-state index in [2.05, 4.69) is 11.7 Å². The van der Waals surface area contributed by atoms with Crippen LogP contribution < -0.4 is 0 Å². The molecule has 2 fully saturated rings. The zero-order valence-corrected chi connectivity index (χ0v) is 17.2. The summed E-state index contributed by atoms with van der Waals surface area (Å²) in [7, 11) is 1.34. The number of aliphatic hydroxyl groups excluding tert-OH is 2. The summed E-state index contributed by atoms with van der Waals surface area (Å²) in [5, 5.41) is 20.7. The normalized spacial score (nSPS) is 34.8. The standard InChI is InChI=1S/C22H35FO5/c1-4-5-8-14(2)16(24)12-11-15-17(25)13-19-21(15)22(23)18(28-19)9-6-7-10-20(26)27-3/h6,9,11-12,14-19,21-22,24-25H,4-5,7-8,10,13H2,1-3H3/b9-6+,12-11+/t14?,15-,16-,17+,18+,19+,21+,22?/m0/s1. The molecule has 1 heterocycles. The third kappa shape index (κ3) is 5.88. The van der Waals surface area contributed by atoms with Gasteiger partial charge >= 0.3 is 5.97 Å². The molecule has 0 amide bonds. The van der Waals surface area contributed by atoms with Crippen molar-refractivity contribution in [3.63, 3.8) is 0 Å². The average Bonchev–Trinajstić information content (AvgIpc) is 3.15. The van der Waals surface area contributed by atoms with E-state index < -0.39 is 30.4 Å². The second-order valence-electron chi connectivity index (χ2n) is 8.08. The molecule has 0 aromatic rings. The van der Waals surface area contributed by atoms with Gasteiger partial charge in [-0.25, -0.2) is 4.39 Å². The van der Waals surface area contributed by atoms with Gasteiger partial charge in [-0.3, -0.25) is 4.79 Å². The minimum absolute atomic E-state index is 0.136. The number of hydrogen-bond acceptors (Lipinski definition) is 5. The minimum atomic E-state index is -1.22. The van der Waals surface area contributed by atoms with Gasteiger partial charge in [-0.1, -0.05) is 51.0 Å². The largest absolute Gasteiger partial charge is 0.469 e. The molecule has 1 saturated carbocycles. The van der Waals surface area contributed by atoms with E-state index in [0.29, 0.717) is 12.8 Å². The maximum atomic E-state index is 15.0. The molecule has 160 valence electrons. The Balaban J connectivity index is 1.93. The Hall–Kier alpha value is -1.24. The van der Waals surface area contributed by atoms with Crippen molar-refractivity contribution < 1.29 is 28.9 Å². The topological polar surface area (TPSA) is 76.0 Å². The van der Waals surface area contributed by atoms with E-state index >= 15 is 0 Å². The highest BCUT2D eigenvalue weighted by molar-refractivity contribution is 5.69. The summed E-state index contributed by atoms with van der Waals surface area (Å²) >= 11 is 0. The zero-order chi connectivity index (χ0) is 20.7. The van der Waals surface area contributed by atoms with Crippen LogP contribution in [0.2, 0.25) is 0 Å². The van der Waals surface area contributed by atoms with E-state index in [9.17, 15) is 19.4 Å². The number of alkyl halides is 1. The Bertz CT molecular complexity index is 549. The number of carbonyl (C=O) groups is 1. The Morgan fingerprint density at radius 3 is 2.82 bits per heavy atom. The van der Waals surface area contributed by atoms with Gasteiger partial charge in [-0.15, -0.1) is 0 Å². The molecular weight excluding hydrogens is 363 g/mol. The van der Waals surface area contributed by atoms with Crippen molar-refractivity contribution in [1.82, 2.24) is 0 Å². The van der Waals surface area contributed by atoms with Gasteiger partial charge in [-0.2, -0.15) is 0 Å². The molecule has 1 aliphatic carbocycles. The molecule has 2 N–H and O–H groups in total. The third-order valence-corrected chi connectivity index (χ3v) is 6.00. The molecule has 1 aliphatic heterocycles. The summed E-state index contributed by atoms with van der Waals surface area (Å²) in [6.45, 7) is 4.12. The van der Waals surface area contributed by atoms with Crippen molar-refractivity contribution in [2.75, 3.05) is 7.11 Å². The molecule has 28 heavy (non-hydrogen) atoms. The summed E-state index contributed by atoms with van der Waals surface area (Å²) in [5.74, 6) is -0.941. The molecule has 1 saturated heterocycles. The van der Waals surface area contributed by atoms with Crippen LogP contribution in [0.4, 0.5) is 4.39 Å². The Morgan fingerprint density at radius 2 is 2.14 bits per heavy atom. The summed E-state index contributed by atoms with van der Waals surface area (Å²) in [4.78, 5) is 11.1. The maximum Gasteiger partial charge on any atom is 0.305 e. The highest BCUT2D eigenvalue weighted by Crippen LogP contribution is 2.46. The number of unbranched alkanes of at least 4 members (excludes halogenated alkanes) is 1. The Morgan fingerprint density at radius 1 is 1.39 bits per heavy atom. The van der Waals surface area contributed by atoms with E-state index in [1.807, 2.05) is 6.92 Å².